The van der Waals surface area contributed by atoms with Gasteiger partial charge in [-0.2, -0.15) is 0 Å². The van der Waals surface area contributed by atoms with Crippen LogP contribution in [0.25, 0.3) is 0 Å². The van der Waals surface area contributed by atoms with Crippen LogP contribution in [0.4, 0.5) is 15.3 Å². The van der Waals surface area contributed by atoms with Gasteiger partial charge in [-0.25, -0.2) is 9.59 Å². The number of urea groups is 2. The molecule has 3 aliphatic rings. The molecule has 0 bridgehead atoms. The minimum Gasteiger partial charge on any atom is -0.750 e. The Morgan fingerprint density at radius 3 is 2.09 bits per heavy atom. The van der Waals surface area contributed by atoms with Gasteiger partial charge in [-0.05, 0) is 155 Å². The fraction of sp³-hybridized carbons (Fsp3) is 0.554. The molecule has 25 nitrogen and oxygen atoms in total. The number of hydroxylamine groups is 2. The normalized spacial score (nSPS) is 19.0. The molecule has 2 aliphatic heterocycles. The molecule has 0 aromatic heterocycles. The molecule has 1 aliphatic carbocycles. The number of thioether (sulfide) groups is 2. The molecule has 2 aromatic rings. The third kappa shape index (κ3) is 26.6. The molecule has 11 N–H and O–H groups in total. The third-order valence-electron chi connectivity index (χ3n) is 18.6. The standard InChI is InChI=1S/C74H107N12O13S2/c1-12-48(8)65(82-67(90)57-29-22-24-36-83(57)10)71(94)84(11)58(46(4)5)42-55-51(38-45(2)3)41-60(55)100-44-59(86(99)74(76)98)68(91)79-53(39-49(9)72(95)96)40-50-31-33-52(34-32-50)78-66(89)56(28-25-35-77-73(75)97)80-69(92)64(47(6)7)81-62(87)30-21-18-23-37-85-63(88)43-61(70(85)93)101-54-26-19-16-14-13-15-17-20-27-54/h13-17,19-20,26-27,31-34,41,44-46,48-49,51,53,55-58,61,64-65H,6,12,18,21-25,28-30,35-40,42-43H2,1-5,7-11H3,(H2,76,98)(H,78,89)(H,79,91)(H,80,92)(H,81,87)(H,82,90)(H,95,96)(H3,75,77,97)/q-1/b14-13?,15-13?,16-14?,17-15?,19-16?,20-17?,26-19?,27-20?,54-26?,54-27?,59-44-/t48-,49-,51+,53+,55-,56-,57+,58+,61?,64-,65-/m0/s1. The van der Waals surface area contributed by atoms with Gasteiger partial charge in [-0.15, -0.1) is 23.5 Å². The average molecular weight is 1440 g/mol. The maximum Gasteiger partial charge on any atom is 0.312 e. The Bertz CT molecular complexity index is 3330. The summed E-state index contributed by atoms with van der Waals surface area (Å²) in [7, 11) is 3.71. The lowest BCUT2D eigenvalue weighted by Crippen LogP contribution is -2.58. The van der Waals surface area contributed by atoms with Crippen LogP contribution in [0.15, 0.2) is 118 Å². The SMILES string of the molecule is C=C(C)[C@H](NC(=O)CCCCCN1C(=O)CC(Sc2ccccccccc2)C1=O)C(=O)N[C@@H](CCCNC(N)=O)C(=O)Nc1ccc(C[C@@H](C[C@H](C)C(=O)O)NC(=O)/C(=C/SC2=C[C@@H](CC(C)C)[C@@H]2C[C@H](C(C)C)N(C)C(=O)[C@@H](NC(=O)[C@H]2CCCCN2C)[C@@H](C)CC)N([O-])C(N)=O)cc1. The summed E-state index contributed by atoms with van der Waals surface area (Å²) in [4.78, 5) is 153. The Balaban J connectivity index is 1.24. The highest BCUT2D eigenvalue weighted by atomic mass is 32.2. The number of primary amides is 2. The molecule has 1 unspecified atom stereocenters. The fourth-order valence-electron chi connectivity index (χ4n) is 12.6. The van der Waals surface area contributed by atoms with Gasteiger partial charge >= 0.3 is 18.0 Å². The first-order valence-electron chi connectivity index (χ1n) is 35.1. The molecule has 0 spiro atoms. The molecule has 27 heteroatoms. The van der Waals surface area contributed by atoms with Crippen molar-refractivity contribution in [1.29, 1.82) is 0 Å². The Labute approximate surface area is 603 Å². The van der Waals surface area contributed by atoms with Gasteiger partial charge in [0.1, 0.15) is 23.8 Å². The zero-order valence-electron chi connectivity index (χ0n) is 60.2. The number of benzene rings is 1. The number of piperidine rings is 1. The summed E-state index contributed by atoms with van der Waals surface area (Å²) in [5.74, 6) is -5.78. The molecule has 2 aromatic carbocycles. The summed E-state index contributed by atoms with van der Waals surface area (Å²) in [5.41, 5.74) is 11.3. The van der Waals surface area contributed by atoms with E-state index >= 15 is 0 Å². The van der Waals surface area contributed by atoms with E-state index in [1.807, 2.05) is 94.2 Å². The highest BCUT2D eigenvalue weighted by Gasteiger charge is 2.42. The van der Waals surface area contributed by atoms with Gasteiger partial charge in [0.25, 0.3) is 5.91 Å². The summed E-state index contributed by atoms with van der Waals surface area (Å²) in [6, 6.07) is 16.3. The van der Waals surface area contributed by atoms with Crippen molar-refractivity contribution in [2.45, 2.75) is 198 Å². The Morgan fingerprint density at radius 2 is 1.50 bits per heavy atom. The number of aliphatic carboxylic acids is 1. The van der Waals surface area contributed by atoms with Crippen molar-refractivity contribution in [3.05, 3.63) is 124 Å². The first-order chi connectivity index (χ1) is 47.9. The van der Waals surface area contributed by atoms with Crippen molar-refractivity contribution in [1.82, 2.24) is 46.3 Å². The highest BCUT2D eigenvalue weighted by molar-refractivity contribution is 8.05. The van der Waals surface area contributed by atoms with E-state index in [4.69, 9.17) is 11.5 Å². The third-order valence-corrected chi connectivity index (χ3v) is 20.9. The van der Waals surface area contributed by atoms with Crippen LogP contribution in [-0.4, -0.2) is 165 Å². The fourth-order valence-corrected chi connectivity index (χ4v) is 14.8. The lowest BCUT2D eigenvalue weighted by atomic mass is 9.72. The number of nitrogens with two attached hydrogens (primary N) is 2. The van der Waals surface area contributed by atoms with E-state index in [0.29, 0.717) is 50.0 Å². The number of carbonyl (C=O) groups excluding carboxylic acids is 10. The number of rotatable bonds is 39. The number of likely N-dealkylation sites (N-methyl/N-ethyl adjacent to an activating group) is 2. The zero-order chi connectivity index (χ0) is 74.6. The number of nitrogens with one attached hydrogen (secondary N) is 6. The van der Waals surface area contributed by atoms with Crippen LogP contribution < -0.4 is 43.4 Å². The number of unbranched alkanes of at least 4 members (excludes halogenated alkanes) is 2. The lowest BCUT2D eigenvalue weighted by molar-refractivity contribution is -0.142. The molecule has 2 heterocycles. The van der Waals surface area contributed by atoms with E-state index in [9.17, 15) is 63.1 Å². The summed E-state index contributed by atoms with van der Waals surface area (Å²) >= 11 is 2.42. The number of carbonyl (C=O) groups is 11. The minimum absolute atomic E-state index is 0.0112. The number of imide groups is 1. The summed E-state index contributed by atoms with van der Waals surface area (Å²) in [5, 5.41) is 40.6. The molecular formula is C74H107N12O13S2-. The van der Waals surface area contributed by atoms with E-state index in [-0.39, 0.29) is 127 Å². The number of amides is 12. The van der Waals surface area contributed by atoms with Crippen LogP contribution >= 0.6 is 23.5 Å². The summed E-state index contributed by atoms with van der Waals surface area (Å²) < 4.78 is 0. The van der Waals surface area contributed by atoms with E-state index in [1.165, 1.54) is 29.0 Å². The number of allylic oxidation sites excluding steroid dienone is 2. The second-order valence-corrected chi connectivity index (χ2v) is 29.8. The number of carboxylic acid groups (broad SMARTS) is 1. The van der Waals surface area contributed by atoms with Crippen LogP contribution in [0.1, 0.15) is 151 Å². The number of nitrogens with zero attached hydrogens (tertiary/aromatic N) is 4. The molecule has 11 atom stereocenters. The van der Waals surface area contributed by atoms with E-state index < -0.39 is 82.7 Å². The Kier molecular flexibility index (Phi) is 34.3. The van der Waals surface area contributed by atoms with E-state index in [0.717, 1.165) is 47.4 Å². The average Bonchev–Trinajstić information content (AvgIpc) is 1.39. The number of anilines is 1. The number of hydrogen-bond donors (Lipinski definition) is 9. The molecule has 5 rings (SSSR count). The number of hydrogen-bond acceptors (Lipinski definition) is 15. The number of likely N-dealkylation sites (tertiary alicyclic amines) is 2. The van der Waals surface area contributed by atoms with Gasteiger partial charge in [0.15, 0.2) is 0 Å². The smallest absolute Gasteiger partial charge is 0.312 e. The van der Waals surface area contributed by atoms with Gasteiger partial charge in [0.05, 0.1) is 17.2 Å². The number of carboxylic acids is 1. The molecule has 12 amide bonds. The maximum atomic E-state index is 14.6. The first kappa shape index (κ1) is 83.4. The molecular weight excluding hydrogens is 1330 g/mol. The maximum absolute atomic E-state index is 14.6. The molecule has 2 saturated heterocycles. The molecule has 101 heavy (non-hydrogen) atoms. The van der Waals surface area contributed by atoms with Crippen molar-refractivity contribution < 1.29 is 57.8 Å². The van der Waals surface area contributed by atoms with Crippen LogP contribution in [0, 0.1) is 40.7 Å². The molecule has 0 saturated carbocycles. The van der Waals surface area contributed by atoms with Gasteiger partial charge in [-0.3, -0.25) is 53.0 Å². The van der Waals surface area contributed by atoms with Crippen molar-refractivity contribution >= 4 is 94.5 Å². The van der Waals surface area contributed by atoms with Gasteiger partial charge in [-0.1, -0.05) is 135 Å². The zero-order valence-corrected chi connectivity index (χ0v) is 61.8. The molecule has 0 radical (unpaired) electrons. The van der Waals surface area contributed by atoms with Gasteiger partial charge in [0.2, 0.25) is 41.4 Å². The second-order valence-electron chi connectivity index (χ2n) is 27.5. The summed E-state index contributed by atoms with van der Waals surface area (Å²) in [6.07, 6.45) is 8.26. The molecule has 2 fully saturated rings. The van der Waals surface area contributed by atoms with Crippen molar-refractivity contribution in [2.75, 3.05) is 39.0 Å². The van der Waals surface area contributed by atoms with Crippen LogP contribution in [0.2, 0.25) is 0 Å². The van der Waals surface area contributed by atoms with Crippen molar-refractivity contribution in [2.24, 2.45) is 47.0 Å². The van der Waals surface area contributed by atoms with Gasteiger partial charge < -0.3 is 63.6 Å². The molecule has 554 valence electrons. The summed E-state index contributed by atoms with van der Waals surface area (Å²) in [6.45, 7) is 20.2. The Morgan fingerprint density at radius 1 is 0.832 bits per heavy atom. The van der Waals surface area contributed by atoms with Gasteiger partial charge in [0, 0.05) is 61.1 Å². The Hall–Kier alpha value is -8.27. The van der Waals surface area contributed by atoms with Crippen LogP contribution in [0.3, 0.4) is 0 Å². The monoisotopic (exact) mass is 1440 g/mol. The van der Waals surface area contributed by atoms with Crippen LogP contribution in [0.5, 0.6) is 0 Å². The second kappa shape index (κ2) is 41.6. The largest absolute Gasteiger partial charge is 0.750 e. The topological polar surface area (TPSA) is 368 Å². The van der Waals surface area contributed by atoms with E-state index in [1.54, 1.807) is 43.1 Å². The van der Waals surface area contributed by atoms with Crippen LogP contribution in [-0.2, 0) is 49.6 Å². The highest BCUT2D eigenvalue weighted by Crippen LogP contribution is 2.48. The van der Waals surface area contributed by atoms with Crippen molar-refractivity contribution in [3.8, 4) is 0 Å². The quantitative estimate of drug-likeness (QED) is 0.00991. The van der Waals surface area contributed by atoms with Crippen molar-refractivity contribution in [3.63, 3.8) is 0 Å². The predicted octanol–water partition coefficient (Wildman–Crippen LogP) is 8.88. The predicted molar refractivity (Wildman–Crippen MR) is 394 cm³/mol. The van der Waals surface area contributed by atoms with E-state index in [2.05, 4.69) is 58.4 Å². The lowest BCUT2D eigenvalue weighted by Gasteiger charge is -2.43. The minimum atomic E-state index is -1.46. The first-order valence-corrected chi connectivity index (χ1v) is 36.9.